The van der Waals surface area contributed by atoms with Gasteiger partial charge in [-0.15, -0.1) is 0 Å². The number of primary amides is 1. The molecule has 1 aromatic carbocycles. The number of anilines is 1. The number of carbonyl (C=O) groups excluding carboxylic acids is 2. The Morgan fingerprint density at radius 1 is 1.04 bits per heavy atom. The van der Waals surface area contributed by atoms with E-state index >= 15 is 0 Å². The number of hydrogen-bond acceptors (Lipinski definition) is 2. The molecule has 2 heterocycles. The number of aromatic nitrogens is 2. The molecule has 0 saturated heterocycles. The number of nitrogens with one attached hydrogen (secondary N) is 1. The lowest BCUT2D eigenvalue weighted by atomic mass is 10.1. The standard InChI is InChI=1S/C18H18N4O2/c1-21-11-8-15(17(21)18(19)24)20-16(23)12-13-4-6-14(7-5-13)22-9-2-3-10-22/h2-11H,12H2,1H3,(H2,19,24)(H,20,23). The SMILES string of the molecule is Cn1ccc(NC(=O)Cc2ccc(-n3cccc3)cc2)c1C(N)=O. The smallest absolute Gasteiger partial charge is 0.267 e. The number of nitrogens with zero attached hydrogens (tertiary/aromatic N) is 2. The van der Waals surface area contributed by atoms with E-state index in [4.69, 9.17) is 5.73 Å². The normalized spacial score (nSPS) is 10.5. The van der Waals surface area contributed by atoms with E-state index in [2.05, 4.69) is 5.32 Å². The topological polar surface area (TPSA) is 82.1 Å². The minimum Gasteiger partial charge on any atom is -0.364 e. The Kier molecular flexibility index (Phi) is 4.20. The molecule has 0 saturated carbocycles. The fourth-order valence-electron chi connectivity index (χ4n) is 2.61. The molecule has 0 aliphatic carbocycles. The first-order valence-electron chi connectivity index (χ1n) is 7.52. The van der Waals surface area contributed by atoms with Gasteiger partial charge in [0.15, 0.2) is 0 Å². The van der Waals surface area contributed by atoms with Crippen molar-refractivity contribution < 1.29 is 9.59 Å². The van der Waals surface area contributed by atoms with Gasteiger partial charge in [-0.3, -0.25) is 9.59 Å². The lowest BCUT2D eigenvalue weighted by Gasteiger charge is -2.08. The first-order valence-corrected chi connectivity index (χ1v) is 7.52. The summed E-state index contributed by atoms with van der Waals surface area (Å²) in [6, 6.07) is 13.3. The molecule has 0 aliphatic heterocycles. The van der Waals surface area contributed by atoms with Gasteiger partial charge in [0.05, 0.1) is 12.1 Å². The number of hydrogen-bond donors (Lipinski definition) is 2. The van der Waals surface area contributed by atoms with Gasteiger partial charge in [0, 0.05) is 31.3 Å². The highest BCUT2D eigenvalue weighted by atomic mass is 16.2. The molecule has 6 nitrogen and oxygen atoms in total. The van der Waals surface area contributed by atoms with Gasteiger partial charge < -0.3 is 20.2 Å². The van der Waals surface area contributed by atoms with Gasteiger partial charge >= 0.3 is 0 Å². The predicted octanol–water partition coefficient (Wildman–Crippen LogP) is 2.10. The van der Waals surface area contributed by atoms with Crippen LogP contribution in [0.25, 0.3) is 5.69 Å². The van der Waals surface area contributed by atoms with Crippen LogP contribution in [0.4, 0.5) is 5.69 Å². The van der Waals surface area contributed by atoms with Gasteiger partial charge in [-0.25, -0.2) is 0 Å². The second-order valence-corrected chi connectivity index (χ2v) is 5.53. The van der Waals surface area contributed by atoms with Crippen molar-refractivity contribution in [2.24, 2.45) is 12.8 Å². The molecule has 0 bridgehead atoms. The van der Waals surface area contributed by atoms with Crippen molar-refractivity contribution in [3.05, 3.63) is 72.3 Å². The molecule has 0 fully saturated rings. The van der Waals surface area contributed by atoms with E-state index in [9.17, 15) is 9.59 Å². The Labute approximate surface area is 139 Å². The molecular weight excluding hydrogens is 304 g/mol. The zero-order chi connectivity index (χ0) is 17.1. The van der Waals surface area contributed by atoms with Crippen LogP contribution in [0.15, 0.2) is 61.1 Å². The van der Waals surface area contributed by atoms with Gasteiger partial charge in [0.1, 0.15) is 5.69 Å². The number of carbonyl (C=O) groups is 2. The van der Waals surface area contributed by atoms with E-state index in [0.29, 0.717) is 5.69 Å². The van der Waals surface area contributed by atoms with Gasteiger partial charge in [-0.1, -0.05) is 12.1 Å². The summed E-state index contributed by atoms with van der Waals surface area (Å²) >= 11 is 0. The van der Waals surface area contributed by atoms with Crippen LogP contribution >= 0.6 is 0 Å². The van der Waals surface area contributed by atoms with Gasteiger partial charge in [-0.2, -0.15) is 0 Å². The van der Waals surface area contributed by atoms with Crippen molar-refractivity contribution in [2.75, 3.05) is 5.32 Å². The summed E-state index contributed by atoms with van der Waals surface area (Å²) in [5.74, 6) is -0.772. The summed E-state index contributed by atoms with van der Waals surface area (Å²) in [7, 11) is 1.70. The third-order valence-electron chi connectivity index (χ3n) is 3.78. The molecule has 0 unspecified atom stereocenters. The third kappa shape index (κ3) is 3.22. The maximum Gasteiger partial charge on any atom is 0.267 e. The summed E-state index contributed by atoms with van der Waals surface area (Å²) in [5.41, 5.74) is 7.97. The van der Waals surface area contributed by atoms with Crippen LogP contribution < -0.4 is 11.1 Å². The molecule has 3 aromatic rings. The number of amides is 2. The van der Waals surface area contributed by atoms with E-state index in [-0.39, 0.29) is 18.0 Å². The summed E-state index contributed by atoms with van der Waals surface area (Å²) in [5, 5.41) is 2.74. The Balaban J connectivity index is 1.68. The molecule has 122 valence electrons. The van der Waals surface area contributed by atoms with Crippen molar-refractivity contribution in [2.45, 2.75) is 6.42 Å². The van der Waals surface area contributed by atoms with Gasteiger partial charge in [0.25, 0.3) is 5.91 Å². The summed E-state index contributed by atoms with van der Waals surface area (Å²) in [6.07, 6.45) is 5.82. The minimum atomic E-state index is -0.575. The Hall–Kier alpha value is -3.28. The minimum absolute atomic E-state index is 0.197. The van der Waals surface area contributed by atoms with E-state index in [1.807, 2.05) is 53.4 Å². The van der Waals surface area contributed by atoms with Crippen LogP contribution in [0, 0.1) is 0 Å². The van der Waals surface area contributed by atoms with E-state index in [1.165, 1.54) is 0 Å². The summed E-state index contributed by atoms with van der Waals surface area (Å²) in [4.78, 5) is 23.6. The predicted molar refractivity (Wildman–Crippen MR) is 92.0 cm³/mol. The molecule has 3 N–H and O–H groups in total. The number of nitrogens with two attached hydrogens (primary N) is 1. The maximum absolute atomic E-state index is 12.2. The first kappa shape index (κ1) is 15.6. The monoisotopic (exact) mass is 322 g/mol. The average Bonchev–Trinajstić information content (AvgIpc) is 3.18. The number of rotatable bonds is 5. The molecule has 24 heavy (non-hydrogen) atoms. The molecule has 3 rings (SSSR count). The van der Waals surface area contributed by atoms with Crippen LogP contribution in [0.1, 0.15) is 16.1 Å². The van der Waals surface area contributed by atoms with Gasteiger partial charge in [0.2, 0.25) is 5.91 Å². The largest absolute Gasteiger partial charge is 0.364 e. The quantitative estimate of drug-likeness (QED) is 0.754. The highest BCUT2D eigenvalue weighted by Crippen LogP contribution is 2.16. The van der Waals surface area contributed by atoms with E-state index in [1.54, 1.807) is 23.9 Å². The molecule has 0 spiro atoms. The van der Waals surface area contributed by atoms with Crippen LogP contribution in [0.3, 0.4) is 0 Å². The molecule has 0 radical (unpaired) electrons. The zero-order valence-corrected chi connectivity index (χ0v) is 13.3. The lowest BCUT2D eigenvalue weighted by molar-refractivity contribution is -0.115. The number of aryl methyl sites for hydroxylation is 1. The van der Waals surface area contributed by atoms with Crippen molar-refractivity contribution in [1.82, 2.24) is 9.13 Å². The van der Waals surface area contributed by atoms with Crippen molar-refractivity contribution in [3.63, 3.8) is 0 Å². The van der Waals surface area contributed by atoms with Crippen LogP contribution in [-0.2, 0) is 18.3 Å². The second kappa shape index (κ2) is 6.45. The molecule has 2 amide bonds. The maximum atomic E-state index is 12.2. The Bertz CT molecular complexity index is 861. The fourth-order valence-corrected chi connectivity index (χ4v) is 2.61. The van der Waals surface area contributed by atoms with Crippen molar-refractivity contribution >= 4 is 17.5 Å². The molecule has 2 aromatic heterocycles. The molecular formula is C18H18N4O2. The average molecular weight is 322 g/mol. The van der Waals surface area contributed by atoms with Crippen LogP contribution in [0.5, 0.6) is 0 Å². The van der Waals surface area contributed by atoms with Crippen LogP contribution in [-0.4, -0.2) is 20.9 Å². The Morgan fingerprint density at radius 2 is 1.71 bits per heavy atom. The van der Waals surface area contributed by atoms with Crippen molar-refractivity contribution in [3.8, 4) is 5.69 Å². The van der Waals surface area contributed by atoms with Gasteiger partial charge in [-0.05, 0) is 35.9 Å². The molecule has 0 atom stereocenters. The summed E-state index contributed by atoms with van der Waals surface area (Å²) < 4.78 is 3.58. The lowest BCUT2D eigenvalue weighted by Crippen LogP contribution is -2.20. The molecule has 0 aliphatic rings. The third-order valence-corrected chi connectivity index (χ3v) is 3.78. The van der Waals surface area contributed by atoms with Crippen molar-refractivity contribution in [1.29, 1.82) is 0 Å². The first-order chi connectivity index (χ1) is 11.5. The van der Waals surface area contributed by atoms with E-state index < -0.39 is 5.91 Å². The Morgan fingerprint density at radius 3 is 2.33 bits per heavy atom. The summed E-state index contributed by atoms with van der Waals surface area (Å²) in [6.45, 7) is 0. The highest BCUT2D eigenvalue weighted by Gasteiger charge is 2.14. The molecule has 6 heteroatoms. The zero-order valence-electron chi connectivity index (χ0n) is 13.3. The highest BCUT2D eigenvalue weighted by molar-refractivity contribution is 6.02. The van der Waals surface area contributed by atoms with Crippen LogP contribution in [0.2, 0.25) is 0 Å². The van der Waals surface area contributed by atoms with E-state index in [0.717, 1.165) is 11.3 Å². The second-order valence-electron chi connectivity index (χ2n) is 5.53. The fraction of sp³-hybridized carbons (Fsp3) is 0.111. The number of benzene rings is 1.